The van der Waals surface area contributed by atoms with E-state index < -0.39 is 0 Å². The Bertz CT molecular complexity index is 595. The molecule has 1 aromatic heterocycles. The third kappa shape index (κ3) is 2.25. The van der Waals surface area contributed by atoms with Gasteiger partial charge in [0, 0.05) is 18.9 Å². The van der Waals surface area contributed by atoms with Crippen molar-refractivity contribution in [3.8, 4) is 11.5 Å². The lowest BCUT2D eigenvalue weighted by molar-refractivity contribution is 0.174. The second kappa shape index (κ2) is 5.54. The van der Waals surface area contributed by atoms with Crippen LogP contribution in [0.25, 0.3) is 0 Å². The zero-order valence-electron chi connectivity index (χ0n) is 11.8. The molecule has 0 amide bonds. The molecule has 1 aromatic carbocycles. The predicted octanol–water partition coefficient (Wildman–Crippen LogP) is 2.33. The summed E-state index contributed by atoms with van der Waals surface area (Å²) in [7, 11) is 0. The molecule has 1 aliphatic heterocycles. The number of imidazole rings is 1. The third-order valence-corrected chi connectivity index (χ3v) is 3.48. The van der Waals surface area contributed by atoms with E-state index in [1.54, 1.807) is 0 Å². The maximum atomic E-state index is 5.46. The van der Waals surface area contributed by atoms with Gasteiger partial charge >= 0.3 is 0 Å². The van der Waals surface area contributed by atoms with Gasteiger partial charge in [0.05, 0.1) is 6.04 Å². The van der Waals surface area contributed by atoms with Crippen molar-refractivity contribution in [2.75, 3.05) is 13.3 Å². The highest BCUT2D eigenvalue weighted by Gasteiger charge is 2.21. The van der Waals surface area contributed by atoms with Gasteiger partial charge in [-0.05, 0) is 31.2 Å². The fourth-order valence-electron chi connectivity index (χ4n) is 2.50. The number of fused-ring (bicyclic) bond motifs is 1. The van der Waals surface area contributed by atoms with Gasteiger partial charge in [-0.3, -0.25) is 0 Å². The Balaban J connectivity index is 1.98. The highest BCUT2D eigenvalue weighted by molar-refractivity contribution is 5.46. The summed E-state index contributed by atoms with van der Waals surface area (Å²) in [6, 6.07) is 6.12. The van der Waals surface area contributed by atoms with Crippen molar-refractivity contribution in [3.05, 3.63) is 42.0 Å². The van der Waals surface area contributed by atoms with Crippen molar-refractivity contribution in [1.82, 2.24) is 14.9 Å². The molecule has 2 heterocycles. The summed E-state index contributed by atoms with van der Waals surface area (Å²) in [5.74, 6) is 2.64. The number of nitrogens with one attached hydrogen (secondary N) is 1. The molecule has 0 bridgehead atoms. The Labute approximate surface area is 118 Å². The average molecular weight is 273 g/mol. The minimum atomic E-state index is 0.0597. The van der Waals surface area contributed by atoms with E-state index in [0.29, 0.717) is 6.79 Å². The molecule has 5 nitrogen and oxygen atoms in total. The molecule has 1 unspecified atom stereocenters. The Kier molecular flexibility index (Phi) is 3.60. The molecule has 0 saturated heterocycles. The molecule has 1 aliphatic rings. The van der Waals surface area contributed by atoms with E-state index in [1.165, 1.54) is 0 Å². The van der Waals surface area contributed by atoms with Crippen LogP contribution in [0.5, 0.6) is 11.5 Å². The van der Waals surface area contributed by atoms with Gasteiger partial charge in [0.1, 0.15) is 5.82 Å². The monoisotopic (exact) mass is 273 g/mol. The number of rotatable bonds is 5. The molecule has 5 heteroatoms. The molecule has 0 radical (unpaired) electrons. The van der Waals surface area contributed by atoms with Crippen molar-refractivity contribution < 1.29 is 9.47 Å². The van der Waals surface area contributed by atoms with Crippen LogP contribution >= 0.6 is 0 Å². The minimum Gasteiger partial charge on any atom is -0.454 e. The maximum Gasteiger partial charge on any atom is 0.231 e. The molecule has 2 aromatic rings. The van der Waals surface area contributed by atoms with Crippen LogP contribution in [-0.4, -0.2) is 22.9 Å². The summed E-state index contributed by atoms with van der Waals surface area (Å²) in [6.07, 6.45) is 3.85. The van der Waals surface area contributed by atoms with Gasteiger partial charge < -0.3 is 19.4 Å². The molecular weight excluding hydrogens is 254 g/mol. The predicted molar refractivity (Wildman–Crippen MR) is 76.0 cm³/mol. The lowest BCUT2D eigenvalue weighted by Gasteiger charge is -2.19. The Morgan fingerprint density at radius 2 is 2.15 bits per heavy atom. The van der Waals surface area contributed by atoms with Crippen LogP contribution in [0.3, 0.4) is 0 Å². The SMILES string of the molecule is CCNC(c1ccc2c(c1)OCO2)c1nccn1CC. The molecule has 0 aliphatic carbocycles. The van der Waals surface area contributed by atoms with Gasteiger partial charge in [-0.1, -0.05) is 13.0 Å². The molecule has 0 saturated carbocycles. The summed E-state index contributed by atoms with van der Waals surface area (Å²) < 4.78 is 13.0. The summed E-state index contributed by atoms with van der Waals surface area (Å²) in [4.78, 5) is 4.50. The Morgan fingerprint density at radius 1 is 1.30 bits per heavy atom. The van der Waals surface area contributed by atoms with Gasteiger partial charge in [0.25, 0.3) is 0 Å². The normalized spacial score (nSPS) is 14.5. The van der Waals surface area contributed by atoms with Gasteiger partial charge in [0.15, 0.2) is 11.5 Å². The van der Waals surface area contributed by atoms with E-state index in [4.69, 9.17) is 9.47 Å². The van der Waals surface area contributed by atoms with Crippen molar-refractivity contribution in [3.63, 3.8) is 0 Å². The molecule has 1 N–H and O–H groups in total. The fraction of sp³-hybridized carbons (Fsp3) is 0.400. The molecule has 1 atom stereocenters. The van der Waals surface area contributed by atoms with Crippen LogP contribution in [0.1, 0.15) is 31.3 Å². The lowest BCUT2D eigenvalue weighted by atomic mass is 10.1. The number of hydrogen-bond acceptors (Lipinski definition) is 4. The highest BCUT2D eigenvalue weighted by Crippen LogP contribution is 2.35. The first-order valence-corrected chi connectivity index (χ1v) is 6.97. The number of benzene rings is 1. The van der Waals surface area contributed by atoms with Crippen LogP contribution in [0.4, 0.5) is 0 Å². The largest absolute Gasteiger partial charge is 0.454 e. The summed E-state index contributed by atoms with van der Waals surface area (Å²) in [6.45, 7) is 6.29. The molecule has 0 spiro atoms. The van der Waals surface area contributed by atoms with E-state index >= 15 is 0 Å². The van der Waals surface area contributed by atoms with E-state index in [-0.39, 0.29) is 6.04 Å². The number of aromatic nitrogens is 2. The van der Waals surface area contributed by atoms with Crippen LogP contribution in [0.15, 0.2) is 30.6 Å². The quantitative estimate of drug-likeness (QED) is 0.908. The van der Waals surface area contributed by atoms with Gasteiger partial charge in [-0.15, -0.1) is 0 Å². The van der Waals surface area contributed by atoms with Crippen molar-refractivity contribution >= 4 is 0 Å². The molecular formula is C15H19N3O2. The maximum absolute atomic E-state index is 5.46. The third-order valence-electron chi connectivity index (χ3n) is 3.48. The lowest BCUT2D eigenvalue weighted by Crippen LogP contribution is -2.25. The minimum absolute atomic E-state index is 0.0597. The Hall–Kier alpha value is -2.01. The van der Waals surface area contributed by atoms with Crippen molar-refractivity contribution in [1.29, 1.82) is 0 Å². The first kappa shape index (κ1) is 13.0. The van der Waals surface area contributed by atoms with Crippen LogP contribution < -0.4 is 14.8 Å². The number of hydrogen-bond donors (Lipinski definition) is 1. The summed E-state index contributed by atoms with van der Waals surface area (Å²) >= 11 is 0. The van der Waals surface area contributed by atoms with Crippen LogP contribution in [0.2, 0.25) is 0 Å². The smallest absolute Gasteiger partial charge is 0.231 e. The molecule has 20 heavy (non-hydrogen) atoms. The highest BCUT2D eigenvalue weighted by atomic mass is 16.7. The zero-order chi connectivity index (χ0) is 13.9. The number of aryl methyl sites for hydroxylation is 1. The zero-order valence-corrected chi connectivity index (χ0v) is 11.8. The van der Waals surface area contributed by atoms with E-state index in [0.717, 1.165) is 36.0 Å². The molecule has 3 rings (SSSR count). The van der Waals surface area contributed by atoms with Crippen LogP contribution in [0, 0.1) is 0 Å². The van der Waals surface area contributed by atoms with E-state index in [1.807, 2.05) is 24.5 Å². The second-order valence-corrected chi connectivity index (χ2v) is 4.67. The first-order valence-electron chi connectivity index (χ1n) is 6.97. The van der Waals surface area contributed by atoms with Gasteiger partial charge in [-0.2, -0.15) is 0 Å². The van der Waals surface area contributed by atoms with E-state index in [2.05, 4.69) is 34.8 Å². The average Bonchev–Trinajstić information content (AvgIpc) is 3.12. The number of nitrogens with zero attached hydrogens (tertiary/aromatic N) is 2. The second-order valence-electron chi connectivity index (χ2n) is 4.67. The van der Waals surface area contributed by atoms with Crippen molar-refractivity contribution in [2.45, 2.75) is 26.4 Å². The Morgan fingerprint density at radius 3 is 2.95 bits per heavy atom. The fourth-order valence-corrected chi connectivity index (χ4v) is 2.50. The van der Waals surface area contributed by atoms with Gasteiger partial charge in [-0.25, -0.2) is 4.98 Å². The number of ether oxygens (including phenoxy) is 2. The van der Waals surface area contributed by atoms with E-state index in [9.17, 15) is 0 Å². The van der Waals surface area contributed by atoms with Gasteiger partial charge in [0.2, 0.25) is 6.79 Å². The van der Waals surface area contributed by atoms with Crippen LogP contribution in [-0.2, 0) is 6.54 Å². The summed E-state index contributed by atoms with van der Waals surface area (Å²) in [5.41, 5.74) is 1.14. The first-order chi connectivity index (χ1) is 9.83. The standard InChI is InChI=1S/C15H19N3O2/c1-3-16-14(15-17-7-8-18(15)4-2)11-5-6-12-13(9-11)20-10-19-12/h5-9,14,16H,3-4,10H2,1-2H3. The topological polar surface area (TPSA) is 48.3 Å². The molecule has 0 fully saturated rings. The summed E-state index contributed by atoms with van der Waals surface area (Å²) in [5, 5.41) is 3.49. The molecule has 106 valence electrons. The van der Waals surface area contributed by atoms with Crippen molar-refractivity contribution in [2.24, 2.45) is 0 Å².